The van der Waals surface area contributed by atoms with Crippen LogP contribution in [0.2, 0.25) is 5.15 Å². The number of pyridine rings is 1. The zero-order valence-corrected chi connectivity index (χ0v) is 8.47. The van der Waals surface area contributed by atoms with Crippen LogP contribution in [0, 0.1) is 5.92 Å². The lowest BCUT2D eigenvalue weighted by Gasteiger charge is -2.14. The van der Waals surface area contributed by atoms with Gasteiger partial charge in [-0.15, -0.1) is 0 Å². The minimum atomic E-state index is 0.476. The van der Waals surface area contributed by atoms with Crippen LogP contribution in [0.25, 0.3) is 0 Å². The fraction of sp³-hybridized carbons (Fsp3) is 0.500. The van der Waals surface area contributed by atoms with Gasteiger partial charge in [0.05, 0.1) is 0 Å². The third kappa shape index (κ3) is 2.21. The molecule has 1 nitrogen and oxygen atoms in total. The molecule has 0 saturated heterocycles. The summed E-state index contributed by atoms with van der Waals surface area (Å²) in [6, 6.07) is 5.78. The topological polar surface area (TPSA) is 12.9 Å². The molecule has 0 spiro atoms. The summed E-state index contributed by atoms with van der Waals surface area (Å²) < 4.78 is 0. The first kappa shape index (κ1) is 9.53. The number of nitrogens with zero attached hydrogens (tertiary/aromatic N) is 1. The molecule has 1 aromatic heterocycles. The van der Waals surface area contributed by atoms with Crippen molar-refractivity contribution in [3.8, 4) is 0 Å². The van der Waals surface area contributed by atoms with Gasteiger partial charge in [0.1, 0.15) is 5.15 Å². The van der Waals surface area contributed by atoms with Crippen molar-refractivity contribution < 1.29 is 0 Å². The van der Waals surface area contributed by atoms with Crippen LogP contribution in [-0.4, -0.2) is 4.98 Å². The van der Waals surface area contributed by atoms with Crippen molar-refractivity contribution in [3.63, 3.8) is 0 Å². The molecular formula is C10H14ClN. The maximum absolute atomic E-state index is 5.78. The molecule has 1 heterocycles. The lowest BCUT2D eigenvalue weighted by atomic mass is 9.94. The molecule has 0 aromatic carbocycles. The van der Waals surface area contributed by atoms with E-state index < -0.39 is 0 Å². The minimum absolute atomic E-state index is 0.476. The zero-order chi connectivity index (χ0) is 9.14. The quantitative estimate of drug-likeness (QED) is 0.640. The second-order valence-corrected chi connectivity index (χ2v) is 3.81. The monoisotopic (exact) mass is 183 g/mol. The first-order valence-electron chi connectivity index (χ1n) is 4.23. The van der Waals surface area contributed by atoms with Gasteiger partial charge in [0, 0.05) is 11.6 Å². The van der Waals surface area contributed by atoms with Crippen LogP contribution >= 0.6 is 11.6 Å². The lowest BCUT2D eigenvalue weighted by Crippen LogP contribution is -2.03. The molecule has 1 unspecified atom stereocenters. The highest BCUT2D eigenvalue weighted by atomic mass is 35.5. The normalized spacial score (nSPS) is 13.4. The van der Waals surface area contributed by atoms with Gasteiger partial charge in [0.25, 0.3) is 0 Å². The molecule has 2 heteroatoms. The lowest BCUT2D eigenvalue weighted by molar-refractivity contribution is 0.524. The number of halogens is 1. The van der Waals surface area contributed by atoms with E-state index in [9.17, 15) is 0 Å². The summed E-state index contributed by atoms with van der Waals surface area (Å²) in [6.07, 6.45) is 0. The van der Waals surface area contributed by atoms with Gasteiger partial charge in [-0.25, -0.2) is 4.98 Å². The highest BCUT2D eigenvalue weighted by molar-refractivity contribution is 6.29. The predicted molar refractivity (Wildman–Crippen MR) is 52.5 cm³/mol. The minimum Gasteiger partial charge on any atom is -0.241 e. The Balaban J connectivity index is 2.88. The second-order valence-electron chi connectivity index (χ2n) is 3.42. The molecule has 1 atom stereocenters. The Morgan fingerprint density at radius 1 is 1.25 bits per heavy atom. The first-order chi connectivity index (χ1) is 5.61. The summed E-state index contributed by atoms with van der Waals surface area (Å²) in [4.78, 5) is 4.26. The molecule has 0 amide bonds. The average Bonchev–Trinajstić information content (AvgIpc) is 2.03. The van der Waals surface area contributed by atoms with Gasteiger partial charge >= 0.3 is 0 Å². The number of hydrogen-bond donors (Lipinski definition) is 0. The largest absolute Gasteiger partial charge is 0.241 e. The van der Waals surface area contributed by atoms with E-state index in [0.29, 0.717) is 17.0 Å². The van der Waals surface area contributed by atoms with Gasteiger partial charge in [0.15, 0.2) is 0 Å². The molecular weight excluding hydrogens is 170 g/mol. The molecule has 66 valence electrons. The highest BCUT2D eigenvalue weighted by Crippen LogP contribution is 2.22. The van der Waals surface area contributed by atoms with Gasteiger partial charge in [-0.1, -0.05) is 38.4 Å². The zero-order valence-electron chi connectivity index (χ0n) is 7.71. The standard InChI is InChI=1S/C10H14ClN/c1-7(2)8(3)9-5-4-6-10(11)12-9/h4-8H,1-3H3. The summed E-state index contributed by atoms with van der Waals surface area (Å²) in [5.41, 5.74) is 1.08. The molecule has 0 N–H and O–H groups in total. The third-order valence-corrected chi connectivity index (χ3v) is 2.41. The molecule has 0 aliphatic carbocycles. The van der Waals surface area contributed by atoms with E-state index in [2.05, 4.69) is 25.8 Å². The van der Waals surface area contributed by atoms with Gasteiger partial charge in [-0.3, -0.25) is 0 Å². The Labute approximate surface area is 78.8 Å². The Kier molecular flexibility index (Phi) is 3.10. The van der Waals surface area contributed by atoms with Crippen molar-refractivity contribution in [1.29, 1.82) is 0 Å². The van der Waals surface area contributed by atoms with Crippen LogP contribution in [-0.2, 0) is 0 Å². The molecule has 0 aliphatic heterocycles. The van der Waals surface area contributed by atoms with Crippen LogP contribution < -0.4 is 0 Å². The molecule has 1 aromatic rings. The number of hydrogen-bond acceptors (Lipinski definition) is 1. The molecule has 0 fully saturated rings. The summed E-state index contributed by atoms with van der Waals surface area (Å²) in [6.45, 7) is 6.55. The van der Waals surface area contributed by atoms with Crippen molar-refractivity contribution in [2.75, 3.05) is 0 Å². The van der Waals surface area contributed by atoms with E-state index in [4.69, 9.17) is 11.6 Å². The van der Waals surface area contributed by atoms with Crippen LogP contribution in [0.1, 0.15) is 32.4 Å². The van der Waals surface area contributed by atoms with Crippen LogP contribution in [0.5, 0.6) is 0 Å². The van der Waals surface area contributed by atoms with E-state index in [1.807, 2.05) is 12.1 Å². The molecule has 0 radical (unpaired) electrons. The predicted octanol–water partition coefficient (Wildman–Crippen LogP) is 3.49. The third-order valence-electron chi connectivity index (χ3n) is 2.20. The van der Waals surface area contributed by atoms with E-state index >= 15 is 0 Å². The van der Waals surface area contributed by atoms with Crippen LogP contribution in [0.4, 0.5) is 0 Å². The van der Waals surface area contributed by atoms with E-state index in [-0.39, 0.29) is 0 Å². The summed E-state index contributed by atoms with van der Waals surface area (Å²) >= 11 is 5.78. The van der Waals surface area contributed by atoms with E-state index in [1.54, 1.807) is 6.07 Å². The Hall–Kier alpha value is -0.560. The number of rotatable bonds is 2. The smallest absolute Gasteiger partial charge is 0.129 e. The summed E-state index contributed by atoms with van der Waals surface area (Å²) in [7, 11) is 0. The Morgan fingerprint density at radius 2 is 1.92 bits per heavy atom. The first-order valence-corrected chi connectivity index (χ1v) is 4.61. The van der Waals surface area contributed by atoms with Crippen LogP contribution in [0.3, 0.4) is 0 Å². The Bertz CT molecular complexity index is 258. The maximum atomic E-state index is 5.78. The Morgan fingerprint density at radius 3 is 2.42 bits per heavy atom. The van der Waals surface area contributed by atoms with Crippen molar-refractivity contribution in [2.24, 2.45) is 5.92 Å². The van der Waals surface area contributed by atoms with Gasteiger partial charge in [-0.2, -0.15) is 0 Å². The van der Waals surface area contributed by atoms with Gasteiger partial charge in [-0.05, 0) is 18.1 Å². The summed E-state index contributed by atoms with van der Waals surface area (Å²) in [5, 5.41) is 0.583. The van der Waals surface area contributed by atoms with Crippen molar-refractivity contribution in [1.82, 2.24) is 4.98 Å². The van der Waals surface area contributed by atoms with Crippen LogP contribution in [0.15, 0.2) is 18.2 Å². The molecule has 1 rings (SSSR count). The molecule has 0 bridgehead atoms. The van der Waals surface area contributed by atoms with Crippen molar-refractivity contribution in [3.05, 3.63) is 29.0 Å². The fourth-order valence-corrected chi connectivity index (χ4v) is 1.19. The van der Waals surface area contributed by atoms with Crippen molar-refractivity contribution >= 4 is 11.6 Å². The molecule has 0 saturated carbocycles. The maximum Gasteiger partial charge on any atom is 0.129 e. The van der Waals surface area contributed by atoms with E-state index in [0.717, 1.165) is 5.69 Å². The SMILES string of the molecule is CC(C)C(C)c1cccc(Cl)n1. The van der Waals surface area contributed by atoms with Gasteiger partial charge in [0.2, 0.25) is 0 Å². The van der Waals surface area contributed by atoms with Crippen molar-refractivity contribution in [2.45, 2.75) is 26.7 Å². The van der Waals surface area contributed by atoms with E-state index in [1.165, 1.54) is 0 Å². The fourth-order valence-electron chi connectivity index (χ4n) is 1.02. The summed E-state index contributed by atoms with van der Waals surface area (Å²) in [5.74, 6) is 1.08. The highest BCUT2D eigenvalue weighted by Gasteiger charge is 2.10. The molecule has 0 aliphatic rings. The average molecular weight is 184 g/mol. The second kappa shape index (κ2) is 3.90. The van der Waals surface area contributed by atoms with Gasteiger partial charge < -0.3 is 0 Å². The number of aromatic nitrogens is 1. The molecule has 12 heavy (non-hydrogen) atoms.